The van der Waals surface area contributed by atoms with Crippen molar-refractivity contribution < 1.29 is 14.5 Å². The quantitative estimate of drug-likeness (QED) is 0.553. The van der Waals surface area contributed by atoms with Gasteiger partial charge in [0.25, 0.3) is 17.5 Å². The lowest BCUT2D eigenvalue weighted by molar-refractivity contribution is -0.385. The van der Waals surface area contributed by atoms with Crippen LogP contribution in [0, 0.1) is 10.1 Å². The van der Waals surface area contributed by atoms with Crippen LogP contribution >= 0.6 is 0 Å². The zero-order valence-electron chi connectivity index (χ0n) is 10.6. The number of carbonyl (C=O) groups excluding carboxylic acids is 2. The van der Waals surface area contributed by atoms with Crippen LogP contribution in [0.2, 0.25) is 0 Å². The van der Waals surface area contributed by atoms with Crippen molar-refractivity contribution in [2.45, 2.75) is 6.54 Å². The van der Waals surface area contributed by atoms with Gasteiger partial charge in [-0.15, -0.1) is 5.10 Å². The van der Waals surface area contributed by atoms with Gasteiger partial charge in [0.05, 0.1) is 17.0 Å². The van der Waals surface area contributed by atoms with Crippen LogP contribution < -0.4 is 11.5 Å². The lowest BCUT2D eigenvalue weighted by atomic mass is 10.2. The first kappa shape index (κ1) is 14.1. The highest BCUT2D eigenvalue weighted by Crippen LogP contribution is 2.19. The first-order valence-corrected chi connectivity index (χ1v) is 5.67. The van der Waals surface area contributed by atoms with Gasteiger partial charge in [0.2, 0.25) is 0 Å². The van der Waals surface area contributed by atoms with E-state index in [0.29, 0.717) is 0 Å². The smallest absolute Gasteiger partial charge is 0.274 e. The Morgan fingerprint density at radius 2 is 1.90 bits per heavy atom. The minimum atomic E-state index is -0.961. The molecule has 0 saturated heterocycles. The summed E-state index contributed by atoms with van der Waals surface area (Å²) in [4.78, 5) is 32.9. The van der Waals surface area contributed by atoms with Crippen LogP contribution in [0.5, 0.6) is 0 Å². The summed E-state index contributed by atoms with van der Waals surface area (Å²) in [6, 6.07) is 5.91. The van der Waals surface area contributed by atoms with Crippen LogP contribution in [0.3, 0.4) is 0 Å². The number of carbonyl (C=O) groups is 2. The zero-order valence-corrected chi connectivity index (χ0v) is 10.6. The second-order valence-corrected chi connectivity index (χ2v) is 4.06. The van der Waals surface area contributed by atoms with Crippen molar-refractivity contribution in [2.75, 3.05) is 0 Å². The van der Waals surface area contributed by atoms with Crippen molar-refractivity contribution in [1.82, 2.24) is 15.0 Å². The van der Waals surface area contributed by atoms with Crippen molar-refractivity contribution in [2.24, 2.45) is 11.5 Å². The van der Waals surface area contributed by atoms with Gasteiger partial charge in [-0.25, -0.2) is 4.68 Å². The molecule has 0 fully saturated rings. The fourth-order valence-electron chi connectivity index (χ4n) is 1.82. The van der Waals surface area contributed by atoms with Gasteiger partial charge in [0, 0.05) is 6.07 Å². The van der Waals surface area contributed by atoms with Crippen LogP contribution in [0.4, 0.5) is 5.69 Å². The number of hydrogen-bond acceptors (Lipinski definition) is 6. The minimum absolute atomic E-state index is 0.143. The fraction of sp³-hybridized carbons (Fsp3) is 0.0909. The Morgan fingerprint density at radius 1 is 1.24 bits per heavy atom. The number of hydrogen-bond donors (Lipinski definition) is 2. The number of aromatic nitrogens is 3. The Hall–Kier alpha value is -3.30. The number of nitro benzene ring substituents is 1. The van der Waals surface area contributed by atoms with Crippen LogP contribution in [0.1, 0.15) is 26.5 Å². The van der Waals surface area contributed by atoms with E-state index in [1.165, 1.54) is 18.2 Å². The minimum Gasteiger partial charge on any atom is -0.364 e. The molecule has 0 unspecified atom stereocenters. The van der Waals surface area contributed by atoms with Gasteiger partial charge in [-0.2, -0.15) is 0 Å². The molecule has 0 bridgehead atoms. The number of nitro groups is 1. The van der Waals surface area contributed by atoms with E-state index in [-0.39, 0.29) is 29.2 Å². The molecule has 0 aliphatic heterocycles. The molecule has 10 nitrogen and oxygen atoms in total. The van der Waals surface area contributed by atoms with Gasteiger partial charge >= 0.3 is 0 Å². The molecule has 0 atom stereocenters. The Balaban J connectivity index is 2.48. The van der Waals surface area contributed by atoms with Crippen LogP contribution in [-0.4, -0.2) is 31.7 Å². The molecule has 2 rings (SSSR count). The fourth-order valence-corrected chi connectivity index (χ4v) is 1.82. The van der Waals surface area contributed by atoms with Gasteiger partial charge in [-0.3, -0.25) is 19.7 Å². The molecule has 0 aliphatic rings. The number of amides is 2. The van der Waals surface area contributed by atoms with Crippen LogP contribution in [-0.2, 0) is 6.54 Å². The summed E-state index contributed by atoms with van der Waals surface area (Å²) in [7, 11) is 0. The van der Waals surface area contributed by atoms with E-state index >= 15 is 0 Å². The summed E-state index contributed by atoms with van der Waals surface area (Å²) in [5, 5.41) is 18.0. The van der Waals surface area contributed by atoms with E-state index in [9.17, 15) is 19.7 Å². The third-order valence-corrected chi connectivity index (χ3v) is 2.71. The second-order valence-electron chi connectivity index (χ2n) is 4.06. The normalized spacial score (nSPS) is 10.3. The molecule has 4 N–H and O–H groups in total. The topological polar surface area (TPSA) is 160 Å². The Bertz CT molecular complexity index is 738. The van der Waals surface area contributed by atoms with Gasteiger partial charge in [-0.05, 0) is 0 Å². The Kier molecular flexibility index (Phi) is 3.61. The lowest BCUT2D eigenvalue weighted by Crippen LogP contribution is -2.23. The third-order valence-electron chi connectivity index (χ3n) is 2.71. The van der Waals surface area contributed by atoms with Crippen molar-refractivity contribution in [1.29, 1.82) is 0 Å². The molecule has 0 aliphatic carbocycles. The molecule has 2 amide bonds. The van der Waals surface area contributed by atoms with Gasteiger partial charge < -0.3 is 11.5 Å². The number of benzene rings is 1. The highest BCUT2D eigenvalue weighted by molar-refractivity contribution is 6.03. The molecule has 108 valence electrons. The largest absolute Gasteiger partial charge is 0.364 e. The molecule has 0 radical (unpaired) electrons. The molecule has 1 aromatic carbocycles. The lowest BCUT2D eigenvalue weighted by Gasteiger charge is -2.05. The maximum atomic E-state index is 11.4. The summed E-state index contributed by atoms with van der Waals surface area (Å²) >= 11 is 0. The summed E-state index contributed by atoms with van der Waals surface area (Å²) in [6.45, 7) is -0.143. The molecular formula is C11H10N6O4. The number of rotatable bonds is 5. The zero-order chi connectivity index (χ0) is 15.6. The maximum absolute atomic E-state index is 11.4. The highest BCUT2D eigenvalue weighted by Gasteiger charge is 2.23. The predicted octanol–water partition coefficient (Wildman–Crippen LogP) is -0.568. The number of nitrogens with zero attached hydrogens (tertiary/aromatic N) is 4. The summed E-state index contributed by atoms with van der Waals surface area (Å²) in [5.74, 6) is -1.91. The molecule has 10 heteroatoms. The van der Waals surface area contributed by atoms with Crippen molar-refractivity contribution in [3.05, 3.63) is 51.3 Å². The van der Waals surface area contributed by atoms with E-state index in [4.69, 9.17) is 11.5 Å². The van der Waals surface area contributed by atoms with Crippen molar-refractivity contribution in [3.8, 4) is 0 Å². The van der Waals surface area contributed by atoms with Gasteiger partial charge in [-0.1, -0.05) is 23.4 Å². The average Bonchev–Trinajstić information content (AvgIpc) is 2.83. The third kappa shape index (κ3) is 2.68. The molecular weight excluding hydrogens is 280 g/mol. The van der Waals surface area contributed by atoms with E-state index in [1.807, 2.05) is 0 Å². The number of nitrogens with two attached hydrogens (primary N) is 2. The number of primary amides is 2. The van der Waals surface area contributed by atoms with Crippen LogP contribution in [0.15, 0.2) is 24.3 Å². The second kappa shape index (κ2) is 5.36. The first-order valence-electron chi connectivity index (χ1n) is 5.67. The highest BCUT2D eigenvalue weighted by atomic mass is 16.6. The molecule has 1 aromatic heterocycles. The SMILES string of the molecule is NC(=O)c1nnn(Cc2ccccc2[N+](=O)[O-])c1C(N)=O. The van der Waals surface area contributed by atoms with E-state index < -0.39 is 16.7 Å². The number of para-hydroxylation sites is 1. The van der Waals surface area contributed by atoms with Crippen molar-refractivity contribution >= 4 is 17.5 Å². The summed E-state index contributed by atoms with van der Waals surface area (Å²) in [6.07, 6.45) is 0. The monoisotopic (exact) mass is 290 g/mol. The molecule has 0 saturated carbocycles. The van der Waals surface area contributed by atoms with E-state index in [2.05, 4.69) is 10.3 Å². The Morgan fingerprint density at radius 3 is 2.48 bits per heavy atom. The Labute approximate surface area is 117 Å². The predicted molar refractivity (Wildman–Crippen MR) is 69.3 cm³/mol. The van der Waals surface area contributed by atoms with E-state index in [0.717, 1.165) is 4.68 Å². The summed E-state index contributed by atoms with van der Waals surface area (Å²) < 4.78 is 1.00. The van der Waals surface area contributed by atoms with E-state index in [1.54, 1.807) is 6.07 Å². The van der Waals surface area contributed by atoms with Gasteiger partial charge in [0.1, 0.15) is 0 Å². The molecule has 21 heavy (non-hydrogen) atoms. The molecule has 1 heterocycles. The maximum Gasteiger partial charge on any atom is 0.274 e. The summed E-state index contributed by atoms with van der Waals surface area (Å²) in [5.41, 5.74) is 9.70. The van der Waals surface area contributed by atoms with Gasteiger partial charge in [0.15, 0.2) is 11.4 Å². The van der Waals surface area contributed by atoms with Crippen molar-refractivity contribution in [3.63, 3.8) is 0 Å². The average molecular weight is 290 g/mol. The first-order chi connectivity index (χ1) is 9.91. The standard InChI is InChI=1S/C11H10N6O4/c12-10(18)8-9(11(13)19)16(15-14-8)5-6-3-1-2-4-7(6)17(20)21/h1-4H,5H2,(H2,12,18)(H2,13,19). The molecule has 2 aromatic rings. The molecule has 0 spiro atoms. The van der Waals surface area contributed by atoms with Crippen LogP contribution in [0.25, 0.3) is 0 Å².